The van der Waals surface area contributed by atoms with Crippen LogP contribution in [0.15, 0.2) is 43.0 Å². The van der Waals surface area contributed by atoms with Crippen LogP contribution in [0.3, 0.4) is 0 Å². The van der Waals surface area contributed by atoms with Crippen LogP contribution >= 0.6 is 0 Å². The number of likely N-dealkylation sites (tertiary alicyclic amines) is 1. The first-order chi connectivity index (χ1) is 17.7. The van der Waals surface area contributed by atoms with Gasteiger partial charge in [-0.25, -0.2) is 4.98 Å². The molecule has 1 aliphatic rings. The number of aryl methyl sites for hydroxylation is 2. The molecule has 4 aromatic rings. The van der Waals surface area contributed by atoms with Gasteiger partial charge in [0.05, 0.1) is 41.7 Å². The number of pyridine rings is 2. The smallest absolute Gasteiger partial charge is 0.238 e. The number of rotatable bonds is 6. The van der Waals surface area contributed by atoms with Crippen molar-refractivity contribution in [1.29, 1.82) is 0 Å². The molecule has 5 heterocycles. The van der Waals surface area contributed by atoms with Crippen molar-refractivity contribution in [2.24, 2.45) is 7.05 Å². The SMILES string of the molecule is CNc1cc(NC(=O)CN2CCCC2(C)C)cnc1C.Cn1cc(-c2cc3cc(C=O)cnc3[nH]2)cn1. The largest absolute Gasteiger partial charge is 0.387 e. The number of amides is 1. The summed E-state index contributed by atoms with van der Waals surface area (Å²) >= 11 is 0. The number of H-pyrrole nitrogens is 1. The number of nitrogens with one attached hydrogen (secondary N) is 3. The Kier molecular flexibility index (Phi) is 7.68. The Morgan fingerprint density at radius 2 is 2.00 bits per heavy atom. The molecule has 0 radical (unpaired) electrons. The summed E-state index contributed by atoms with van der Waals surface area (Å²) < 4.78 is 1.74. The van der Waals surface area contributed by atoms with Gasteiger partial charge >= 0.3 is 0 Å². The van der Waals surface area contributed by atoms with Gasteiger partial charge in [-0.1, -0.05) is 0 Å². The molecule has 1 saturated heterocycles. The zero-order valence-corrected chi connectivity index (χ0v) is 22.0. The molecule has 10 nitrogen and oxygen atoms in total. The molecular weight excluding hydrogens is 468 g/mol. The topological polar surface area (TPSA) is 121 Å². The maximum absolute atomic E-state index is 12.1. The second-order valence-corrected chi connectivity index (χ2v) is 9.90. The van der Waals surface area contributed by atoms with Gasteiger partial charge in [-0.05, 0) is 58.4 Å². The second-order valence-electron chi connectivity index (χ2n) is 9.90. The molecule has 4 aromatic heterocycles. The molecule has 10 heteroatoms. The number of carbonyl (C=O) groups excluding carboxylic acids is 2. The van der Waals surface area contributed by atoms with Crippen LogP contribution in [0.2, 0.25) is 0 Å². The molecule has 1 amide bonds. The van der Waals surface area contributed by atoms with Crippen molar-refractivity contribution < 1.29 is 9.59 Å². The lowest BCUT2D eigenvalue weighted by Gasteiger charge is -2.30. The number of anilines is 2. The maximum Gasteiger partial charge on any atom is 0.238 e. The minimum absolute atomic E-state index is 0.0210. The molecule has 0 spiro atoms. The average Bonchev–Trinajstić information content (AvgIpc) is 3.58. The van der Waals surface area contributed by atoms with Gasteiger partial charge in [0, 0.05) is 48.5 Å². The van der Waals surface area contributed by atoms with E-state index in [1.54, 1.807) is 23.3 Å². The normalized spacial score (nSPS) is 14.7. The highest BCUT2D eigenvalue weighted by Crippen LogP contribution is 2.28. The van der Waals surface area contributed by atoms with Crippen LogP contribution in [-0.4, -0.2) is 67.5 Å². The Morgan fingerprint density at radius 1 is 1.19 bits per heavy atom. The van der Waals surface area contributed by atoms with Gasteiger partial charge in [0.15, 0.2) is 6.29 Å². The van der Waals surface area contributed by atoms with Crippen molar-refractivity contribution in [1.82, 2.24) is 29.6 Å². The molecular formula is C27H34N8O2. The summed E-state index contributed by atoms with van der Waals surface area (Å²) in [5.41, 5.74) is 6.02. The number of hydrogen-bond donors (Lipinski definition) is 3. The summed E-state index contributed by atoms with van der Waals surface area (Å²) in [5.74, 6) is 0.0210. The van der Waals surface area contributed by atoms with E-state index >= 15 is 0 Å². The molecule has 0 bridgehead atoms. The van der Waals surface area contributed by atoms with E-state index in [0.29, 0.717) is 12.1 Å². The third kappa shape index (κ3) is 6.21. The van der Waals surface area contributed by atoms with E-state index < -0.39 is 0 Å². The molecule has 1 fully saturated rings. The molecule has 3 N–H and O–H groups in total. The summed E-state index contributed by atoms with van der Waals surface area (Å²) in [6.07, 6.45) is 10.1. The average molecular weight is 503 g/mol. The number of fused-ring (bicyclic) bond motifs is 1. The molecule has 0 atom stereocenters. The standard InChI is InChI=1S/C15H24N4O.C12H10N4O/c1-11-13(16-4)8-12(9-17-11)18-14(20)10-19-7-5-6-15(19,2)3;1-16-6-10(5-14-16)11-3-9-2-8(7-17)4-13-12(9)15-11/h8-9,16H,5-7,10H2,1-4H3,(H,18,20);2-7H,1H3,(H,13,15). The van der Waals surface area contributed by atoms with Crippen molar-refractivity contribution in [2.45, 2.75) is 39.2 Å². The summed E-state index contributed by atoms with van der Waals surface area (Å²) in [4.78, 5) is 36.7. The van der Waals surface area contributed by atoms with Crippen LogP contribution < -0.4 is 10.6 Å². The second kappa shape index (κ2) is 10.9. The number of aldehydes is 1. The molecule has 0 aliphatic carbocycles. The van der Waals surface area contributed by atoms with Gasteiger partial charge in [-0.3, -0.25) is 24.2 Å². The first-order valence-corrected chi connectivity index (χ1v) is 12.3. The number of nitrogens with zero attached hydrogens (tertiary/aromatic N) is 5. The fourth-order valence-corrected chi connectivity index (χ4v) is 4.50. The number of hydrogen-bond acceptors (Lipinski definition) is 7. The molecule has 0 aromatic carbocycles. The molecule has 5 rings (SSSR count). The highest BCUT2D eigenvalue weighted by molar-refractivity contribution is 5.92. The third-order valence-corrected chi connectivity index (χ3v) is 6.69. The quantitative estimate of drug-likeness (QED) is 0.341. The van der Waals surface area contributed by atoms with Crippen LogP contribution in [0.1, 0.15) is 42.7 Å². The first-order valence-electron chi connectivity index (χ1n) is 12.3. The highest BCUT2D eigenvalue weighted by atomic mass is 16.2. The predicted molar refractivity (Wildman–Crippen MR) is 146 cm³/mol. The highest BCUT2D eigenvalue weighted by Gasteiger charge is 2.32. The van der Waals surface area contributed by atoms with Gasteiger partial charge < -0.3 is 15.6 Å². The molecule has 194 valence electrons. The van der Waals surface area contributed by atoms with Crippen LogP contribution in [0.4, 0.5) is 11.4 Å². The molecule has 0 saturated carbocycles. The zero-order chi connectivity index (χ0) is 26.6. The van der Waals surface area contributed by atoms with E-state index in [1.165, 1.54) is 0 Å². The summed E-state index contributed by atoms with van der Waals surface area (Å²) in [5, 5.41) is 11.0. The third-order valence-electron chi connectivity index (χ3n) is 6.69. The number of aromatic amines is 1. The van der Waals surface area contributed by atoms with Crippen molar-refractivity contribution in [3.8, 4) is 11.3 Å². The van der Waals surface area contributed by atoms with E-state index in [0.717, 1.165) is 65.0 Å². The predicted octanol–water partition coefficient (Wildman–Crippen LogP) is 4.02. The van der Waals surface area contributed by atoms with Crippen LogP contribution in [0.5, 0.6) is 0 Å². The van der Waals surface area contributed by atoms with Gasteiger partial charge in [-0.15, -0.1) is 0 Å². The van der Waals surface area contributed by atoms with E-state index in [1.807, 2.05) is 45.4 Å². The van der Waals surface area contributed by atoms with E-state index in [2.05, 4.69) is 49.4 Å². The monoisotopic (exact) mass is 502 g/mol. The Balaban J connectivity index is 0.000000175. The Morgan fingerprint density at radius 3 is 2.65 bits per heavy atom. The van der Waals surface area contributed by atoms with Crippen molar-refractivity contribution in [3.05, 3.63) is 54.2 Å². The Bertz CT molecular complexity index is 1400. The van der Waals surface area contributed by atoms with Crippen molar-refractivity contribution in [3.63, 3.8) is 0 Å². The van der Waals surface area contributed by atoms with Gasteiger partial charge in [0.1, 0.15) is 5.65 Å². The lowest BCUT2D eigenvalue weighted by molar-refractivity contribution is -0.118. The summed E-state index contributed by atoms with van der Waals surface area (Å²) in [7, 11) is 3.72. The van der Waals surface area contributed by atoms with E-state index in [9.17, 15) is 9.59 Å². The Labute approximate surface area is 216 Å². The molecule has 1 aliphatic heterocycles. The van der Waals surface area contributed by atoms with Crippen LogP contribution in [-0.2, 0) is 11.8 Å². The number of carbonyl (C=O) groups is 2. The fraction of sp³-hybridized carbons (Fsp3) is 0.370. The van der Waals surface area contributed by atoms with Gasteiger partial charge in [0.25, 0.3) is 0 Å². The molecule has 0 unspecified atom stereocenters. The summed E-state index contributed by atoms with van der Waals surface area (Å²) in [6, 6.07) is 5.69. The van der Waals surface area contributed by atoms with Crippen molar-refractivity contribution >= 4 is 34.6 Å². The van der Waals surface area contributed by atoms with Gasteiger partial charge in [0.2, 0.25) is 5.91 Å². The van der Waals surface area contributed by atoms with Gasteiger partial charge in [-0.2, -0.15) is 5.10 Å². The number of aromatic nitrogens is 5. The van der Waals surface area contributed by atoms with Crippen LogP contribution in [0.25, 0.3) is 22.3 Å². The zero-order valence-electron chi connectivity index (χ0n) is 22.0. The van der Waals surface area contributed by atoms with Crippen molar-refractivity contribution in [2.75, 3.05) is 30.8 Å². The Hall–Kier alpha value is -4.05. The van der Waals surface area contributed by atoms with Crippen LogP contribution in [0, 0.1) is 6.92 Å². The lowest BCUT2D eigenvalue weighted by Crippen LogP contribution is -2.42. The minimum atomic E-state index is 0.0210. The minimum Gasteiger partial charge on any atom is -0.387 e. The fourth-order valence-electron chi connectivity index (χ4n) is 4.50. The lowest BCUT2D eigenvalue weighted by atomic mass is 10.0. The molecule has 37 heavy (non-hydrogen) atoms. The first kappa shape index (κ1) is 26.0. The van der Waals surface area contributed by atoms with E-state index in [4.69, 9.17) is 0 Å². The van der Waals surface area contributed by atoms with E-state index in [-0.39, 0.29) is 11.4 Å². The summed E-state index contributed by atoms with van der Waals surface area (Å²) in [6.45, 7) is 7.76. The maximum atomic E-state index is 12.1.